The van der Waals surface area contributed by atoms with Crippen molar-refractivity contribution in [2.24, 2.45) is 10.9 Å². The first kappa shape index (κ1) is 14.8. The number of nitro groups is 1. The van der Waals surface area contributed by atoms with E-state index in [0.717, 1.165) is 16.7 Å². The number of rotatable bonds is 4. The van der Waals surface area contributed by atoms with Gasteiger partial charge in [-0.05, 0) is 18.6 Å². The number of benzene rings is 1. The number of nitrogens with zero attached hydrogens (tertiary/aromatic N) is 3. The molecule has 0 radical (unpaired) electrons. The molecule has 0 aliphatic carbocycles. The number of nitrogens with two attached hydrogens (primary N) is 1. The fraction of sp³-hybridized carbons (Fsp3) is 0.0769. The van der Waals surface area contributed by atoms with Crippen molar-refractivity contribution in [3.8, 4) is 0 Å². The molecule has 8 heteroatoms. The quantitative estimate of drug-likeness (QED) is 0.295. The largest absolute Gasteiger partial charge is 0.409 e. The summed E-state index contributed by atoms with van der Waals surface area (Å²) in [4.78, 5) is 15.2. The van der Waals surface area contributed by atoms with Crippen LogP contribution in [0.4, 0.5) is 5.69 Å². The van der Waals surface area contributed by atoms with Gasteiger partial charge in [0.05, 0.1) is 10.5 Å². The Labute approximate surface area is 124 Å². The summed E-state index contributed by atoms with van der Waals surface area (Å²) >= 11 is 1.30. The molecule has 3 N–H and O–H groups in total. The van der Waals surface area contributed by atoms with E-state index in [-0.39, 0.29) is 17.1 Å². The highest BCUT2D eigenvalue weighted by Crippen LogP contribution is 2.32. The minimum Gasteiger partial charge on any atom is -0.409 e. The first-order chi connectivity index (χ1) is 10.0. The fourth-order valence-corrected chi connectivity index (χ4v) is 2.60. The predicted molar refractivity (Wildman–Crippen MR) is 78.7 cm³/mol. The maximum atomic E-state index is 10.8. The van der Waals surface area contributed by atoms with Crippen LogP contribution in [0, 0.1) is 17.0 Å². The van der Waals surface area contributed by atoms with E-state index < -0.39 is 4.92 Å². The lowest BCUT2D eigenvalue weighted by Crippen LogP contribution is -2.15. The van der Waals surface area contributed by atoms with E-state index in [1.165, 1.54) is 17.8 Å². The van der Waals surface area contributed by atoms with Gasteiger partial charge < -0.3 is 10.9 Å². The van der Waals surface area contributed by atoms with Gasteiger partial charge in [-0.3, -0.25) is 10.1 Å². The lowest BCUT2D eigenvalue weighted by molar-refractivity contribution is -0.385. The molecule has 0 fully saturated rings. The molecule has 0 bridgehead atoms. The minimum atomic E-state index is -0.580. The average Bonchev–Trinajstić information content (AvgIpc) is 2.49. The monoisotopic (exact) mass is 304 g/mol. The predicted octanol–water partition coefficient (Wildman–Crippen LogP) is 2.54. The first-order valence-electron chi connectivity index (χ1n) is 5.88. The van der Waals surface area contributed by atoms with Gasteiger partial charge in [-0.1, -0.05) is 35.1 Å². The Morgan fingerprint density at radius 1 is 1.48 bits per heavy atom. The number of amidine groups is 1. The van der Waals surface area contributed by atoms with Crippen LogP contribution in [0.3, 0.4) is 0 Å². The van der Waals surface area contributed by atoms with Gasteiger partial charge in [-0.2, -0.15) is 0 Å². The van der Waals surface area contributed by atoms with E-state index >= 15 is 0 Å². The summed E-state index contributed by atoms with van der Waals surface area (Å²) < 4.78 is 0. The van der Waals surface area contributed by atoms with Gasteiger partial charge in [0.15, 0.2) is 5.84 Å². The van der Waals surface area contributed by atoms with Gasteiger partial charge >= 0.3 is 0 Å². The van der Waals surface area contributed by atoms with Crippen molar-refractivity contribution in [3.05, 3.63) is 57.8 Å². The van der Waals surface area contributed by atoms with Crippen molar-refractivity contribution in [1.82, 2.24) is 4.98 Å². The second-order valence-electron chi connectivity index (χ2n) is 4.16. The van der Waals surface area contributed by atoms with Gasteiger partial charge in [0.25, 0.3) is 5.69 Å². The Balaban J connectivity index is 2.48. The molecule has 0 atom stereocenters. The molecular weight excluding hydrogens is 292 g/mol. The Bertz CT molecular complexity index is 718. The fourth-order valence-electron chi connectivity index (χ4n) is 1.63. The zero-order chi connectivity index (χ0) is 15.4. The topological polar surface area (TPSA) is 115 Å². The summed E-state index contributed by atoms with van der Waals surface area (Å²) in [6, 6.07) is 8.87. The summed E-state index contributed by atoms with van der Waals surface area (Å²) in [5.74, 6) is -0.220. The highest BCUT2D eigenvalue weighted by molar-refractivity contribution is 7.99. The molecule has 2 rings (SSSR count). The number of aryl methyl sites for hydroxylation is 1. The third kappa shape index (κ3) is 3.29. The van der Waals surface area contributed by atoms with E-state index in [9.17, 15) is 10.1 Å². The third-order valence-corrected chi connectivity index (χ3v) is 3.93. The number of aromatic nitrogens is 1. The smallest absolute Gasteiger partial charge is 0.288 e. The maximum absolute atomic E-state index is 10.8. The van der Waals surface area contributed by atoms with Crippen LogP contribution in [0.15, 0.2) is 51.6 Å². The molecule has 0 amide bonds. The summed E-state index contributed by atoms with van der Waals surface area (Å²) in [6.45, 7) is 1.94. The van der Waals surface area contributed by atoms with E-state index in [1.54, 1.807) is 0 Å². The van der Waals surface area contributed by atoms with E-state index in [0.29, 0.717) is 5.03 Å². The number of hydrogen-bond acceptors (Lipinski definition) is 6. The van der Waals surface area contributed by atoms with Crippen molar-refractivity contribution >= 4 is 23.3 Å². The van der Waals surface area contributed by atoms with Crippen LogP contribution in [0.25, 0.3) is 0 Å². The van der Waals surface area contributed by atoms with Crippen molar-refractivity contribution < 1.29 is 10.1 Å². The SMILES string of the molecule is Cc1ccccc1Sc1ncc([N+](=O)[O-])cc1C(N)=NO. The lowest BCUT2D eigenvalue weighted by Gasteiger charge is -2.08. The molecule has 108 valence electrons. The Morgan fingerprint density at radius 2 is 2.19 bits per heavy atom. The van der Waals surface area contributed by atoms with Crippen LogP contribution in [-0.4, -0.2) is 21.0 Å². The molecule has 21 heavy (non-hydrogen) atoms. The molecule has 1 aromatic carbocycles. The highest BCUT2D eigenvalue weighted by atomic mass is 32.2. The van der Waals surface area contributed by atoms with Crippen molar-refractivity contribution in [1.29, 1.82) is 0 Å². The molecule has 0 spiro atoms. The maximum Gasteiger partial charge on any atom is 0.288 e. The van der Waals surface area contributed by atoms with Crippen molar-refractivity contribution in [2.75, 3.05) is 0 Å². The summed E-state index contributed by atoms with van der Waals surface area (Å²) in [6.07, 6.45) is 1.15. The Morgan fingerprint density at radius 3 is 2.81 bits per heavy atom. The van der Waals surface area contributed by atoms with Crippen molar-refractivity contribution in [2.45, 2.75) is 16.8 Å². The van der Waals surface area contributed by atoms with E-state index in [1.807, 2.05) is 31.2 Å². The van der Waals surface area contributed by atoms with Gasteiger partial charge in [0.1, 0.15) is 11.2 Å². The number of oxime groups is 1. The normalized spacial score (nSPS) is 11.4. The van der Waals surface area contributed by atoms with Gasteiger partial charge in [0, 0.05) is 11.0 Å². The summed E-state index contributed by atoms with van der Waals surface area (Å²) in [7, 11) is 0. The van der Waals surface area contributed by atoms with Gasteiger partial charge in [-0.25, -0.2) is 4.98 Å². The molecule has 1 aromatic heterocycles. The third-order valence-electron chi connectivity index (χ3n) is 2.73. The summed E-state index contributed by atoms with van der Waals surface area (Å²) in [5, 5.41) is 23.0. The van der Waals surface area contributed by atoms with Gasteiger partial charge in [-0.15, -0.1) is 0 Å². The Kier molecular flexibility index (Phi) is 4.39. The van der Waals surface area contributed by atoms with Crippen LogP contribution in [0.1, 0.15) is 11.1 Å². The van der Waals surface area contributed by atoms with Crippen LogP contribution >= 0.6 is 11.8 Å². The van der Waals surface area contributed by atoms with Crippen LogP contribution in [0.2, 0.25) is 0 Å². The van der Waals surface area contributed by atoms with E-state index in [2.05, 4.69) is 10.1 Å². The second-order valence-corrected chi connectivity index (χ2v) is 5.19. The first-order valence-corrected chi connectivity index (χ1v) is 6.70. The standard InChI is InChI=1S/C13H12N4O3S/c1-8-4-2-3-5-11(8)21-13-10(12(14)16-18)6-9(7-15-13)17(19)20/h2-7,18H,1H3,(H2,14,16). The van der Waals surface area contributed by atoms with Gasteiger partial charge in [0.2, 0.25) is 0 Å². The molecular formula is C13H12N4O3S. The minimum absolute atomic E-state index is 0.217. The molecule has 0 aliphatic rings. The van der Waals surface area contributed by atoms with Crippen molar-refractivity contribution in [3.63, 3.8) is 0 Å². The average molecular weight is 304 g/mol. The van der Waals surface area contributed by atoms with Crippen LogP contribution < -0.4 is 5.73 Å². The number of pyridine rings is 1. The zero-order valence-electron chi connectivity index (χ0n) is 11.1. The molecule has 7 nitrogen and oxygen atoms in total. The zero-order valence-corrected chi connectivity index (χ0v) is 11.9. The molecule has 0 saturated carbocycles. The lowest BCUT2D eigenvalue weighted by atomic mass is 10.2. The number of hydrogen-bond donors (Lipinski definition) is 2. The molecule has 1 heterocycles. The van der Waals surface area contributed by atoms with Crippen LogP contribution in [0.5, 0.6) is 0 Å². The van der Waals surface area contributed by atoms with Crippen LogP contribution in [-0.2, 0) is 0 Å². The molecule has 0 unspecified atom stereocenters. The second kappa shape index (κ2) is 6.23. The Hall–Kier alpha value is -2.61. The molecule has 0 aliphatic heterocycles. The molecule has 0 saturated heterocycles. The molecule has 2 aromatic rings. The summed E-state index contributed by atoms with van der Waals surface area (Å²) in [5.41, 5.74) is 6.62. The highest BCUT2D eigenvalue weighted by Gasteiger charge is 2.17. The van der Waals surface area contributed by atoms with E-state index in [4.69, 9.17) is 10.9 Å².